The third kappa shape index (κ3) is 4.96. The van der Waals surface area contributed by atoms with Crippen LogP contribution in [0.4, 0.5) is 10.1 Å². The van der Waals surface area contributed by atoms with Gasteiger partial charge in [0.15, 0.2) is 5.03 Å². The zero-order valence-electron chi connectivity index (χ0n) is 15.6. The molecular weight excluding hydrogens is 417 g/mol. The zero-order chi connectivity index (χ0) is 21.0. The second-order valence-corrected chi connectivity index (χ2v) is 7.40. The van der Waals surface area contributed by atoms with Gasteiger partial charge in [-0.2, -0.15) is 0 Å². The van der Waals surface area contributed by atoms with Crippen molar-refractivity contribution in [3.63, 3.8) is 0 Å². The number of rotatable bonds is 6. The Balaban J connectivity index is 1.71. The van der Waals surface area contributed by atoms with Crippen molar-refractivity contribution in [3.05, 3.63) is 75.5 Å². The van der Waals surface area contributed by atoms with Crippen molar-refractivity contribution >= 4 is 35.0 Å². The van der Waals surface area contributed by atoms with Crippen molar-refractivity contribution in [1.82, 2.24) is 9.55 Å². The molecule has 0 saturated heterocycles. The number of nitrogens with zero attached hydrogens (tertiary/aromatic N) is 2. The monoisotopic (exact) mass is 433 g/mol. The van der Waals surface area contributed by atoms with Gasteiger partial charge < -0.3 is 10.1 Å². The SMILES string of the molecule is COc1ccc(NC(=O)CSc2nccn(-c3ccc(C)c(F)c3)c2=O)cc1Cl. The first-order valence-corrected chi connectivity index (χ1v) is 9.86. The molecule has 2 aromatic carbocycles. The molecule has 1 amide bonds. The average molecular weight is 434 g/mol. The fourth-order valence-electron chi connectivity index (χ4n) is 2.50. The molecule has 0 aliphatic heterocycles. The largest absolute Gasteiger partial charge is 0.495 e. The molecule has 1 N–H and O–H groups in total. The number of aryl methyl sites for hydroxylation is 1. The number of methoxy groups -OCH3 is 1. The molecule has 6 nitrogen and oxygen atoms in total. The molecule has 1 heterocycles. The minimum atomic E-state index is -0.430. The van der Waals surface area contributed by atoms with Crippen LogP contribution >= 0.6 is 23.4 Å². The molecule has 0 radical (unpaired) electrons. The fourth-order valence-corrected chi connectivity index (χ4v) is 3.46. The van der Waals surface area contributed by atoms with Crippen molar-refractivity contribution in [2.75, 3.05) is 18.2 Å². The normalized spacial score (nSPS) is 10.6. The second-order valence-electron chi connectivity index (χ2n) is 6.03. The minimum absolute atomic E-state index is 0.0296. The van der Waals surface area contributed by atoms with Crippen molar-refractivity contribution in [2.24, 2.45) is 0 Å². The van der Waals surface area contributed by atoms with Gasteiger partial charge in [-0.25, -0.2) is 9.37 Å². The van der Waals surface area contributed by atoms with Crippen LogP contribution in [0.2, 0.25) is 5.02 Å². The first kappa shape index (κ1) is 20.9. The van der Waals surface area contributed by atoms with E-state index in [0.717, 1.165) is 11.8 Å². The predicted molar refractivity (Wildman–Crippen MR) is 112 cm³/mol. The van der Waals surface area contributed by atoms with Crippen LogP contribution in [-0.2, 0) is 4.79 Å². The lowest BCUT2D eigenvalue weighted by molar-refractivity contribution is -0.113. The third-order valence-corrected chi connectivity index (χ3v) is 5.27. The Hall–Kier alpha value is -2.84. The van der Waals surface area contributed by atoms with Crippen LogP contribution in [0.25, 0.3) is 5.69 Å². The summed E-state index contributed by atoms with van der Waals surface area (Å²) in [6, 6.07) is 9.40. The van der Waals surface area contributed by atoms with E-state index in [-0.39, 0.29) is 16.7 Å². The number of hydrogen-bond acceptors (Lipinski definition) is 5. The molecule has 0 aliphatic carbocycles. The Morgan fingerprint density at radius 3 is 2.79 bits per heavy atom. The number of ether oxygens (including phenoxy) is 1. The molecule has 0 bridgehead atoms. The third-order valence-electron chi connectivity index (χ3n) is 4.02. The average Bonchev–Trinajstić information content (AvgIpc) is 2.69. The first-order chi connectivity index (χ1) is 13.9. The van der Waals surface area contributed by atoms with E-state index >= 15 is 0 Å². The van der Waals surface area contributed by atoms with Gasteiger partial charge in [0.2, 0.25) is 5.91 Å². The van der Waals surface area contributed by atoms with Gasteiger partial charge in [0.25, 0.3) is 5.56 Å². The Bertz CT molecular complexity index is 1120. The molecular formula is C20H17ClFN3O3S. The van der Waals surface area contributed by atoms with Gasteiger partial charge in [0.05, 0.1) is 23.6 Å². The summed E-state index contributed by atoms with van der Waals surface area (Å²) in [5, 5.41) is 3.20. The van der Waals surface area contributed by atoms with E-state index in [2.05, 4.69) is 10.3 Å². The van der Waals surface area contributed by atoms with Crippen LogP contribution in [0.3, 0.4) is 0 Å². The minimum Gasteiger partial charge on any atom is -0.495 e. The number of nitrogens with one attached hydrogen (secondary N) is 1. The van der Waals surface area contributed by atoms with Gasteiger partial charge >= 0.3 is 0 Å². The maximum Gasteiger partial charge on any atom is 0.287 e. The van der Waals surface area contributed by atoms with Gasteiger partial charge in [0, 0.05) is 18.1 Å². The standard InChI is InChI=1S/C20H17ClFN3O3S/c1-12-3-5-14(10-16(12)22)25-8-7-23-19(20(25)27)29-11-18(26)24-13-4-6-17(28-2)15(21)9-13/h3-10H,11H2,1-2H3,(H,24,26). The lowest BCUT2D eigenvalue weighted by atomic mass is 10.2. The summed E-state index contributed by atoms with van der Waals surface area (Å²) in [6.07, 6.45) is 2.89. The van der Waals surface area contributed by atoms with Crippen molar-refractivity contribution in [1.29, 1.82) is 0 Å². The smallest absolute Gasteiger partial charge is 0.287 e. The summed E-state index contributed by atoms with van der Waals surface area (Å²) < 4.78 is 20.2. The van der Waals surface area contributed by atoms with Gasteiger partial charge in [0.1, 0.15) is 11.6 Å². The molecule has 3 rings (SSSR count). The first-order valence-electron chi connectivity index (χ1n) is 8.49. The van der Waals surface area contributed by atoms with E-state index in [1.807, 2.05) is 0 Å². The van der Waals surface area contributed by atoms with Crippen molar-refractivity contribution in [2.45, 2.75) is 11.9 Å². The molecule has 9 heteroatoms. The molecule has 0 saturated carbocycles. The topological polar surface area (TPSA) is 73.2 Å². The predicted octanol–water partition coefficient (Wildman–Crippen LogP) is 4.07. The number of hydrogen-bond donors (Lipinski definition) is 1. The van der Waals surface area contributed by atoms with Crippen molar-refractivity contribution < 1.29 is 13.9 Å². The van der Waals surface area contributed by atoms with E-state index in [1.54, 1.807) is 37.3 Å². The number of aromatic nitrogens is 2. The number of anilines is 1. The highest BCUT2D eigenvalue weighted by molar-refractivity contribution is 7.99. The summed E-state index contributed by atoms with van der Waals surface area (Å²) in [4.78, 5) is 28.9. The fraction of sp³-hybridized carbons (Fsp3) is 0.150. The highest BCUT2D eigenvalue weighted by Crippen LogP contribution is 2.27. The Kier molecular flexibility index (Phi) is 6.56. The molecule has 0 spiro atoms. The number of halogens is 2. The number of thioether (sulfide) groups is 1. The van der Waals surface area contributed by atoms with Crippen LogP contribution in [0.15, 0.2) is 58.6 Å². The molecule has 0 fully saturated rings. The molecule has 0 aliphatic rings. The Morgan fingerprint density at radius 1 is 1.31 bits per heavy atom. The van der Waals surface area contributed by atoms with E-state index in [4.69, 9.17) is 16.3 Å². The van der Waals surface area contributed by atoms with Gasteiger partial charge in [-0.05, 0) is 42.8 Å². The zero-order valence-corrected chi connectivity index (χ0v) is 17.2. The van der Waals surface area contributed by atoms with E-state index < -0.39 is 11.4 Å². The number of carbonyl (C=O) groups is 1. The summed E-state index contributed by atoms with van der Waals surface area (Å²) in [7, 11) is 1.50. The maximum atomic E-state index is 13.8. The maximum absolute atomic E-state index is 13.8. The highest BCUT2D eigenvalue weighted by atomic mass is 35.5. The van der Waals surface area contributed by atoms with Crippen LogP contribution in [0.5, 0.6) is 5.75 Å². The molecule has 29 heavy (non-hydrogen) atoms. The van der Waals surface area contributed by atoms with Crippen LogP contribution in [0.1, 0.15) is 5.56 Å². The lowest BCUT2D eigenvalue weighted by Crippen LogP contribution is -2.22. The summed E-state index contributed by atoms with van der Waals surface area (Å²) in [6.45, 7) is 1.64. The number of carbonyl (C=O) groups excluding carboxylic acids is 1. The van der Waals surface area contributed by atoms with E-state index in [9.17, 15) is 14.0 Å². The van der Waals surface area contributed by atoms with E-state index in [1.165, 1.54) is 30.1 Å². The number of benzene rings is 2. The van der Waals surface area contributed by atoms with Crippen LogP contribution < -0.4 is 15.6 Å². The molecule has 0 atom stereocenters. The van der Waals surface area contributed by atoms with Gasteiger partial charge in [-0.15, -0.1) is 0 Å². The molecule has 0 unspecified atom stereocenters. The quantitative estimate of drug-likeness (QED) is 0.593. The van der Waals surface area contributed by atoms with Crippen LogP contribution in [0, 0.1) is 12.7 Å². The summed E-state index contributed by atoms with van der Waals surface area (Å²) in [5.74, 6) is -0.259. The highest BCUT2D eigenvalue weighted by Gasteiger charge is 2.12. The summed E-state index contributed by atoms with van der Waals surface area (Å²) >= 11 is 7.04. The molecule has 150 valence electrons. The van der Waals surface area contributed by atoms with Crippen LogP contribution in [-0.4, -0.2) is 28.3 Å². The second kappa shape index (κ2) is 9.11. The lowest BCUT2D eigenvalue weighted by Gasteiger charge is -2.09. The van der Waals surface area contributed by atoms with Crippen molar-refractivity contribution in [3.8, 4) is 11.4 Å². The molecule has 1 aromatic heterocycles. The van der Waals surface area contributed by atoms with E-state index in [0.29, 0.717) is 27.7 Å². The van der Waals surface area contributed by atoms with Gasteiger partial charge in [-0.3, -0.25) is 14.2 Å². The Labute approximate surface area is 175 Å². The summed E-state index contributed by atoms with van der Waals surface area (Å²) in [5.41, 5.74) is 0.955. The van der Waals surface area contributed by atoms with Gasteiger partial charge in [-0.1, -0.05) is 29.4 Å². The molecule has 3 aromatic rings. The Morgan fingerprint density at radius 2 is 2.10 bits per heavy atom. The number of amides is 1.